The average Bonchev–Trinajstić information content (AvgIpc) is 2.80. The van der Waals surface area contributed by atoms with Crippen LogP contribution in [0.15, 0.2) is 72.5 Å². The normalized spacial score (nSPS) is 10.7. The summed E-state index contributed by atoms with van der Waals surface area (Å²) in [6.07, 6.45) is 5.32. The van der Waals surface area contributed by atoms with Crippen LogP contribution < -0.4 is 14.9 Å². The second-order valence-corrected chi connectivity index (χ2v) is 7.28. The molecule has 0 saturated carbocycles. The van der Waals surface area contributed by atoms with Gasteiger partial charge in [0.05, 0.1) is 17.7 Å². The lowest BCUT2D eigenvalue weighted by Gasteiger charge is -2.17. The van der Waals surface area contributed by atoms with Crippen LogP contribution in [0.1, 0.15) is 23.6 Å². The molecule has 1 N–H and O–H groups in total. The Bertz CT molecular complexity index is 1150. The van der Waals surface area contributed by atoms with Gasteiger partial charge in [-0.15, -0.1) is 6.58 Å². The first-order valence-corrected chi connectivity index (χ1v) is 10.6. The van der Waals surface area contributed by atoms with E-state index in [1.807, 2.05) is 37.3 Å². The summed E-state index contributed by atoms with van der Waals surface area (Å²) in [5.41, 5.74) is 5.03. The van der Waals surface area contributed by atoms with Gasteiger partial charge in [-0.25, -0.2) is 4.98 Å². The summed E-state index contributed by atoms with van der Waals surface area (Å²) in [5.74, 6) is 1.24. The van der Waals surface area contributed by atoms with Crippen molar-refractivity contribution in [3.05, 3.63) is 99.2 Å². The van der Waals surface area contributed by atoms with E-state index in [0.29, 0.717) is 36.2 Å². The molecule has 9 heteroatoms. The van der Waals surface area contributed by atoms with Gasteiger partial charge in [0.2, 0.25) is 5.82 Å². The van der Waals surface area contributed by atoms with Gasteiger partial charge in [-0.05, 0) is 54.8 Å². The van der Waals surface area contributed by atoms with Crippen molar-refractivity contribution >= 4 is 29.3 Å². The first-order chi connectivity index (χ1) is 16.0. The lowest BCUT2D eigenvalue weighted by molar-refractivity contribution is -0.384. The number of hydrogen-bond donors (Lipinski definition) is 1. The molecule has 3 aromatic rings. The average molecular weight is 467 g/mol. The molecular formula is C24H23ClN4O4. The maximum absolute atomic E-state index is 11.1. The highest BCUT2D eigenvalue weighted by Gasteiger charge is 2.15. The van der Waals surface area contributed by atoms with Crippen molar-refractivity contribution in [2.24, 2.45) is 5.10 Å². The maximum atomic E-state index is 11.1. The molecule has 3 rings (SSSR count). The van der Waals surface area contributed by atoms with Crippen molar-refractivity contribution < 1.29 is 14.4 Å². The molecule has 1 aromatic heterocycles. The third kappa shape index (κ3) is 6.54. The van der Waals surface area contributed by atoms with Crippen LogP contribution >= 0.6 is 11.6 Å². The number of nitrogens with one attached hydrogen (secondary N) is 1. The number of nitrogens with zero attached hydrogens (tertiary/aromatic N) is 3. The van der Waals surface area contributed by atoms with E-state index in [9.17, 15) is 10.1 Å². The summed E-state index contributed by atoms with van der Waals surface area (Å²) in [5, 5.41) is 15.9. The van der Waals surface area contributed by atoms with Gasteiger partial charge >= 0.3 is 5.69 Å². The van der Waals surface area contributed by atoms with Crippen LogP contribution in [0, 0.1) is 10.1 Å². The number of hydrazone groups is 1. The lowest BCUT2D eigenvalue weighted by atomic mass is 10.1. The molecule has 170 valence electrons. The number of aromatic nitrogens is 1. The molecule has 2 aromatic carbocycles. The van der Waals surface area contributed by atoms with Crippen molar-refractivity contribution in [2.45, 2.75) is 20.0 Å². The van der Waals surface area contributed by atoms with E-state index >= 15 is 0 Å². The van der Waals surface area contributed by atoms with E-state index in [-0.39, 0.29) is 11.5 Å². The third-order valence-electron chi connectivity index (χ3n) is 4.48. The molecule has 0 radical (unpaired) electrons. The number of anilines is 1. The van der Waals surface area contributed by atoms with E-state index in [1.165, 1.54) is 24.5 Å². The third-order valence-corrected chi connectivity index (χ3v) is 4.73. The molecule has 0 aliphatic heterocycles. The molecule has 1 heterocycles. The van der Waals surface area contributed by atoms with Crippen LogP contribution in [0.3, 0.4) is 0 Å². The highest BCUT2D eigenvalue weighted by molar-refractivity contribution is 6.30. The molecule has 0 spiro atoms. The predicted octanol–water partition coefficient (Wildman–Crippen LogP) is 5.80. The zero-order valence-corrected chi connectivity index (χ0v) is 18.8. The molecule has 0 saturated heterocycles. The smallest absolute Gasteiger partial charge is 0.313 e. The van der Waals surface area contributed by atoms with Crippen LogP contribution in [0.25, 0.3) is 0 Å². The van der Waals surface area contributed by atoms with Gasteiger partial charge in [-0.3, -0.25) is 15.5 Å². The molecule has 0 aliphatic rings. The molecule has 0 bridgehead atoms. The van der Waals surface area contributed by atoms with Gasteiger partial charge in [-0.1, -0.05) is 29.8 Å². The summed E-state index contributed by atoms with van der Waals surface area (Å²) in [6.45, 7) is 6.51. The van der Waals surface area contributed by atoms with E-state index in [2.05, 4.69) is 22.1 Å². The standard InChI is InChI=1S/C24H23ClN4O4/c1-3-6-19-13-18(15-27-28-24-21(29(30)31)7-5-12-26-24)14-22(32-4-2)23(19)33-16-17-8-10-20(25)11-9-17/h3,5,7-15H,1,4,6,16H2,2H3,(H,26,28)/b27-15-. The minimum absolute atomic E-state index is 0.0537. The molecule has 33 heavy (non-hydrogen) atoms. The molecule has 0 amide bonds. The second kappa shape index (κ2) is 11.6. The summed E-state index contributed by atoms with van der Waals surface area (Å²) < 4.78 is 11.9. The highest BCUT2D eigenvalue weighted by atomic mass is 35.5. The number of nitro groups is 1. The van der Waals surface area contributed by atoms with Gasteiger partial charge < -0.3 is 9.47 Å². The summed E-state index contributed by atoms with van der Waals surface area (Å²) >= 11 is 5.96. The fourth-order valence-electron chi connectivity index (χ4n) is 3.03. The molecular weight excluding hydrogens is 444 g/mol. The molecule has 0 atom stereocenters. The summed E-state index contributed by atoms with van der Waals surface area (Å²) in [6, 6.07) is 14.0. The minimum atomic E-state index is -0.521. The number of pyridine rings is 1. The van der Waals surface area contributed by atoms with E-state index in [4.69, 9.17) is 21.1 Å². The van der Waals surface area contributed by atoms with Crippen LogP contribution in [-0.4, -0.2) is 22.7 Å². The number of hydrogen-bond acceptors (Lipinski definition) is 7. The Labute approximate surface area is 196 Å². The number of rotatable bonds is 11. The minimum Gasteiger partial charge on any atom is -0.490 e. The van der Waals surface area contributed by atoms with E-state index in [1.54, 1.807) is 12.1 Å². The monoisotopic (exact) mass is 466 g/mol. The predicted molar refractivity (Wildman–Crippen MR) is 129 cm³/mol. The van der Waals surface area contributed by atoms with Gasteiger partial charge in [0.25, 0.3) is 0 Å². The Morgan fingerprint density at radius 2 is 2.03 bits per heavy atom. The second-order valence-electron chi connectivity index (χ2n) is 6.85. The Kier molecular flexibility index (Phi) is 8.37. The number of halogens is 1. The Hall–Kier alpha value is -3.91. The quantitative estimate of drug-likeness (QED) is 0.166. The van der Waals surface area contributed by atoms with E-state index < -0.39 is 4.92 Å². The van der Waals surface area contributed by atoms with Crippen LogP contribution in [-0.2, 0) is 13.0 Å². The fraction of sp³-hybridized carbons (Fsp3) is 0.167. The van der Waals surface area contributed by atoms with Crippen molar-refractivity contribution in [1.29, 1.82) is 0 Å². The Balaban J connectivity index is 1.85. The Morgan fingerprint density at radius 1 is 1.24 bits per heavy atom. The lowest BCUT2D eigenvalue weighted by Crippen LogP contribution is -2.04. The summed E-state index contributed by atoms with van der Waals surface area (Å²) in [4.78, 5) is 14.6. The summed E-state index contributed by atoms with van der Waals surface area (Å²) in [7, 11) is 0. The van der Waals surface area contributed by atoms with Gasteiger partial charge in [0, 0.05) is 22.8 Å². The van der Waals surface area contributed by atoms with Crippen LogP contribution in [0.4, 0.5) is 11.5 Å². The van der Waals surface area contributed by atoms with Crippen molar-refractivity contribution in [3.63, 3.8) is 0 Å². The SMILES string of the molecule is C=CCc1cc(/C=N\Nc2ncccc2[N+](=O)[O-])cc(OCC)c1OCc1ccc(Cl)cc1. The number of benzene rings is 2. The zero-order valence-electron chi connectivity index (χ0n) is 18.0. The highest BCUT2D eigenvalue weighted by Crippen LogP contribution is 2.34. The van der Waals surface area contributed by atoms with Crippen LogP contribution in [0.2, 0.25) is 5.02 Å². The molecule has 0 unspecified atom stereocenters. The topological polar surface area (TPSA) is 98.9 Å². The zero-order chi connectivity index (χ0) is 23.6. The molecule has 0 fully saturated rings. The van der Waals surface area contributed by atoms with Crippen molar-refractivity contribution in [2.75, 3.05) is 12.0 Å². The maximum Gasteiger partial charge on any atom is 0.313 e. The first kappa shape index (κ1) is 23.7. The number of ether oxygens (including phenoxy) is 2. The first-order valence-electron chi connectivity index (χ1n) is 10.2. The van der Waals surface area contributed by atoms with Gasteiger partial charge in [0.15, 0.2) is 11.5 Å². The molecule has 8 nitrogen and oxygen atoms in total. The molecule has 0 aliphatic carbocycles. The largest absolute Gasteiger partial charge is 0.490 e. The number of allylic oxidation sites excluding steroid dienone is 1. The van der Waals surface area contributed by atoms with Crippen LogP contribution in [0.5, 0.6) is 11.5 Å². The van der Waals surface area contributed by atoms with Gasteiger partial charge in [0.1, 0.15) is 6.61 Å². The van der Waals surface area contributed by atoms with Gasteiger partial charge in [-0.2, -0.15) is 5.10 Å². The van der Waals surface area contributed by atoms with E-state index in [0.717, 1.165) is 16.7 Å². The van der Waals surface area contributed by atoms with Crippen molar-refractivity contribution in [1.82, 2.24) is 4.98 Å². The van der Waals surface area contributed by atoms with Crippen molar-refractivity contribution in [3.8, 4) is 11.5 Å². The Morgan fingerprint density at radius 3 is 2.73 bits per heavy atom. The fourth-order valence-corrected chi connectivity index (χ4v) is 3.15.